The summed E-state index contributed by atoms with van der Waals surface area (Å²) in [6.45, 7) is 6.23. The van der Waals surface area contributed by atoms with Crippen LogP contribution in [0, 0.1) is 17.8 Å². The fraction of sp³-hybridized carbons (Fsp3) is 0.545. The SMILES string of the molecule is C=C/C=C\C=C(/CN(C)C)C1CCC2C=CC=C(P3[C@@H]4CCCN43)C21. The number of rotatable bonds is 6. The Hall–Kier alpha value is -0.950. The topological polar surface area (TPSA) is 6.25 Å². The zero-order valence-electron chi connectivity index (χ0n) is 15.6. The zero-order chi connectivity index (χ0) is 17.4. The van der Waals surface area contributed by atoms with Crippen LogP contribution in [-0.2, 0) is 0 Å². The van der Waals surface area contributed by atoms with Crippen LogP contribution in [0.4, 0.5) is 0 Å². The van der Waals surface area contributed by atoms with Gasteiger partial charge in [0.25, 0.3) is 0 Å². The predicted octanol–water partition coefficient (Wildman–Crippen LogP) is 5.15. The summed E-state index contributed by atoms with van der Waals surface area (Å²) >= 11 is 0. The molecule has 0 bridgehead atoms. The molecule has 3 heteroatoms. The first-order valence-corrected chi connectivity index (χ1v) is 11.1. The van der Waals surface area contributed by atoms with Crippen LogP contribution in [0.5, 0.6) is 0 Å². The van der Waals surface area contributed by atoms with Gasteiger partial charge in [-0.3, -0.25) is 4.67 Å². The number of allylic oxidation sites excluding steroid dienone is 8. The fourth-order valence-corrected chi connectivity index (χ4v) is 8.40. The third kappa shape index (κ3) is 3.37. The Bertz CT molecular complexity index is 632. The molecule has 2 aliphatic carbocycles. The van der Waals surface area contributed by atoms with Crippen molar-refractivity contribution in [1.29, 1.82) is 0 Å². The Balaban J connectivity index is 1.59. The van der Waals surface area contributed by atoms with Crippen molar-refractivity contribution in [2.45, 2.75) is 31.5 Å². The molecule has 6 atom stereocenters. The Morgan fingerprint density at radius 1 is 1.32 bits per heavy atom. The molecule has 2 aliphatic heterocycles. The van der Waals surface area contributed by atoms with Crippen molar-refractivity contribution in [2.75, 3.05) is 27.2 Å². The minimum Gasteiger partial charge on any atom is -0.305 e. The van der Waals surface area contributed by atoms with Crippen LogP contribution in [0.1, 0.15) is 25.7 Å². The lowest BCUT2D eigenvalue weighted by molar-refractivity contribution is 0.389. The number of nitrogens with zero attached hydrogens (tertiary/aromatic N) is 2. The monoisotopic (exact) mass is 354 g/mol. The standard InChI is InChI=1S/C22H31N2P/c1-4-5-6-9-18(16-23(2)3)19-14-13-17-10-7-11-20(22(17)19)25-21-12-8-15-24(21)25/h4-7,9-11,17,19,21-22H,1,8,12-16H2,2-3H3/b6-5-,18-9+/t17?,19?,21-,22?,24?,25?/m1/s1. The third-order valence-electron chi connectivity index (χ3n) is 6.17. The van der Waals surface area contributed by atoms with Crippen LogP contribution < -0.4 is 0 Å². The second kappa shape index (κ2) is 7.35. The first kappa shape index (κ1) is 17.5. The van der Waals surface area contributed by atoms with Gasteiger partial charge in [-0.1, -0.05) is 54.7 Å². The normalized spacial score (nSPS) is 39.6. The summed E-state index contributed by atoms with van der Waals surface area (Å²) in [5, 5.41) is 1.81. The van der Waals surface area contributed by atoms with Gasteiger partial charge in [0.2, 0.25) is 0 Å². The molecule has 0 amide bonds. The van der Waals surface area contributed by atoms with E-state index in [9.17, 15) is 0 Å². The molecule has 2 heterocycles. The van der Waals surface area contributed by atoms with E-state index in [0.29, 0.717) is 5.92 Å². The van der Waals surface area contributed by atoms with E-state index in [2.05, 4.69) is 66.7 Å². The average molecular weight is 354 g/mol. The highest BCUT2D eigenvalue weighted by molar-refractivity contribution is 7.67. The maximum atomic E-state index is 3.81. The van der Waals surface area contributed by atoms with Crippen LogP contribution in [0.15, 0.2) is 60.0 Å². The average Bonchev–Trinajstić information content (AvgIpc) is 2.96. The van der Waals surface area contributed by atoms with Crippen molar-refractivity contribution in [1.82, 2.24) is 9.57 Å². The van der Waals surface area contributed by atoms with E-state index in [-0.39, 0.29) is 8.07 Å². The third-order valence-corrected chi connectivity index (χ3v) is 9.04. The Labute approximate surface area is 154 Å². The number of hydrogen-bond donors (Lipinski definition) is 0. The van der Waals surface area contributed by atoms with Gasteiger partial charge in [-0.15, -0.1) is 0 Å². The van der Waals surface area contributed by atoms with Crippen molar-refractivity contribution in [3.63, 3.8) is 0 Å². The second-order valence-electron chi connectivity index (χ2n) is 8.08. The highest BCUT2D eigenvalue weighted by atomic mass is 31.1. The van der Waals surface area contributed by atoms with Crippen molar-refractivity contribution in [3.05, 3.63) is 60.0 Å². The number of likely N-dealkylation sites (N-methyl/N-ethyl adjacent to an activating group) is 1. The molecule has 0 N–H and O–H groups in total. The van der Waals surface area contributed by atoms with Crippen molar-refractivity contribution in [2.24, 2.45) is 17.8 Å². The first-order valence-electron chi connectivity index (χ1n) is 9.77. The Morgan fingerprint density at radius 3 is 2.92 bits per heavy atom. The van der Waals surface area contributed by atoms with Crippen molar-refractivity contribution < 1.29 is 0 Å². The van der Waals surface area contributed by atoms with Crippen LogP contribution in [0.2, 0.25) is 0 Å². The predicted molar refractivity (Wildman–Crippen MR) is 110 cm³/mol. The molecule has 0 spiro atoms. The van der Waals surface area contributed by atoms with E-state index < -0.39 is 0 Å². The largest absolute Gasteiger partial charge is 0.305 e. The van der Waals surface area contributed by atoms with Gasteiger partial charge >= 0.3 is 0 Å². The van der Waals surface area contributed by atoms with Crippen LogP contribution in [0.3, 0.4) is 0 Å². The highest BCUT2D eigenvalue weighted by Crippen LogP contribution is 2.77. The Kier molecular flexibility index (Phi) is 5.13. The quantitative estimate of drug-likeness (QED) is 0.370. The molecule has 4 rings (SSSR count). The minimum absolute atomic E-state index is 0.0421. The molecule has 0 aromatic carbocycles. The molecule has 134 valence electrons. The number of hydrogen-bond acceptors (Lipinski definition) is 2. The van der Waals surface area contributed by atoms with Crippen LogP contribution >= 0.6 is 8.07 Å². The molecule has 2 saturated heterocycles. The number of fused-ring (bicyclic) bond motifs is 2. The van der Waals surface area contributed by atoms with Crippen molar-refractivity contribution >= 4 is 8.07 Å². The lowest BCUT2D eigenvalue weighted by Gasteiger charge is -2.31. The first-order chi connectivity index (χ1) is 12.2. The Morgan fingerprint density at radius 2 is 2.20 bits per heavy atom. The summed E-state index contributed by atoms with van der Waals surface area (Å²) in [6.07, 6.45) is 21.4. The summed E-state index contributed by atoms with van der Waals surface area (Å²) in [7, 11) is 4.42. The van der Waals surface area contributed by atoms with E-state index >= 15 is 0 Å². The molecule has 4 aliphatic rings. The maximum absolute atomic E-state index is 3.81. The van der Waals surface area contributed by atoms with Gasteiger partial charge < -0.3 is 4.90 Å². The van der Waals surface area contributed by atoms with E-state index in [1.165, 1.54) is 32.2 Å². The van der Waals surface area contributed by atoms with Crippen LogP contribution in [0.25, 0.3) is 0 Å². The van der Waals surface area contributed by atoms with Gasteiger partial charge in [0, 0.05) is 21.2 Å². The van der Waals surface area contributed by atoms with Crippen LogP contribution in [-0.4, -0.2) is 42.5 Å². The second-order valence-corrected chi connectivity index (χ2v) is 10.4. The summed E-state index contributed by atoms with van der Waals surface area (Å²) in [5.41, 5.74) is 1.61. The van der Waals surface area contributed by atoms with E-state index in [4.69, 9.17) is 0 Å². The molecule has 5 unspecified atom stereocenters. The molecule has 0 aromatic rings. The molecule has 0 radical (unpaired) electrons. The van der Waals surface area contributed by atoms with E-state index in [1.54, 1.807) is 5.57 Å². The van der Waals surface area contributed by atoms with Gasteiger partial charge in [-0.25, -0.2) is 0 Å². The fourth-order valence-electron chi connectivity index (χ4n) is 5.17. The summed E-state index contributed by atoms with van der Waals surface area (Å²) in [6, 6.07) is 0. The zero-order valence-corrected chi connectivity index (χ0v) is 16.5. The van der Waals surface area contributed by atoms with Gasteiger partial charge in [-0.2, -0.15) is 0 Å². The minimum atomic E-state index is 0.0421. The van der Waals surface area contributed by atoms with Gasteiger partial charge in [-0.05, 0) is 62.8 Å². The molecule has 2 nitrogen and oxygen atoms in total. The van der Waals surface area contributed by atoms with Gasteiger partial charge in [0.15, 0.2) is 0 Å². The van der Waals surface area contributed by atoms with Gasteiger partial charge in [0.1, 0.15) is 0 Å². The lowest BCUT2D eigenvalue weighted by Crippen LogP contribution is -2.25. The highest BCUT2D eigenvalue weighted by Gasteiger charge is 2.55. The summed E-state index contributed by atoms with van der Waals surface area (Å²) in [4.78, 5) is 2.32. The molecule has 25 heavy (non-hydrogen) atoms. The summed E-state index contributed by atoms with van der Waals surface area (Å²) in [5.74, 6) is 3.16. The molecule has 3 fully saturated rings. The molecular weight excluding hydrogens is 323 g/mol. The summed E-state index contributed by atoms with van der Waals surface area (Å²) < 4.78 is 2.81. The van der Waals surface area contributed by atoms with E-state index in [0.717, 1.165) is 24.2 Å². The lowest BCUT2D eigenvalue weighted by atomic mass is 9.81. The molecule has 0 aromatic heterocycles. The smallest absolute Gasteiger partial charge is 0.0510 e. The maximum Gasteiger partial charge on any atom is 0.0510 e. The van der Waals surface area contributed by atoms with Crippen molar-refractivity contribution in [3.8, 4) is 0 Å². The molecular formula is C22H31N2P. The molecule has 1 saturated carbocycles. The van der Waals surface area contributed by atoms with Gasteiger partial charge in [0.05, 0.1) is 5.78 Å². The van der Waals surface area contributed by atoms with E-state index in [1.807, 2.05) is 11.4 Å².